The molecule has 0 aromatic heterocycles. The Morgan fingerprint density at radius 1 is 1.07 bits per heavy atom. The lowest BCUT2D eigenvalue weighted by Gasteiger charge is -2.26. The van der Waals surface area contributed by atoms with Crippen molar-refractivity contribution in [2.24, 2.45) is 17.8 Å². The van der Waals surface area contributed by atoms with Crippen LogP contribution >= 0.6 is 0 Å². The highest BCUT2D eigenvalue weighted by atomic mass is 14.2. The van der Waals surface area contributed by atoms with E-state index in [1.807, 2.05) is 0 Å². The molecule has 0 fully saturated rings. The van der Waals surface area contributed by atoms with E-state index in [1.165, 1.54) is 24.0 Å². The van der Waals surface area contributed by atoms with Crippen molar-refractivity contribution in [1.82, 2.24) is 0 Å². The van der Waals surface area contributed by atoms with Crippen LogP contribution in [0.15, 0.2) is 24.3 Å². The third-order valence-electron chi connectivity index (χ3n) is 3.76. The Kier molecular flexibility index (Phi) is 6.63. The molecule has 88 valence electrons. The third kappa shape index (κ3) is 4.68. The Hall–Kier alpha value is -0.520. The zero-order valence-electron chi connectivity index (χ0n) is 11.3. The number of rotatable bonds is 7. The third-order valence-corrected chi connectivity index (χ3v) is 3.76. The standard InChI is InChI=1S/C15H28/c1-8-12(5)14(7)10-15(11(3)4)13(6)9-2/h12-13,15H,3,7-10H2,1-2,4-6H3. The van der Waals surface area contributed by atoms with E-state index in [0.29, 0.717) is 11.8 Å². The first kappa shape index (κ1) is 14.5. The molecule has 0 aliphatic carbocycles. The lowest BCUT2D eigenvalue weighted by molar-refractivity contribution is 0.383. The first-order chi connectivity index (χ1) is 6.93. The van der Waals surface area contributed by atoms with Gasteiger partial charge in [-0.25, -0.2) is 0 Å². The van der Waals surface area contributed by atoms with Gasteiger partial charge in [0.1, 0.15) is 0 Å². The smallest absolute Gasteiger partial charge is 0.0146 e. The molecule has 0 spiro atoms. The van der Waals surface area contributed by atoms with Gasteiger partial charge in [-0.05, 0) is 37.5 Å². The quantitative estimate of drug-likeness (QED) is 0.503. The van der Waals surface area contributed by atoms with Crippen molar-refractivity contribution in [1.29, 1.82) is 0 Å². The van der Waals surface area contributed by atoms with E-state index in [-0.39, 0.29) is 0 Å². The van der Waals surface area contributed by atoms with Gasteiger partial charge in [0.25, 0.3) is 0 Å². The van der Waals surface area contributed by atoms with Gasteiger partial charge in [0.15, 0.2) is 0 Å². The normalized spacial score (nSPS) is 16.9. The summed E-state index contributed by atoms with van der Waals surface area (Å²) < 4.78 is 0. The van der Waals surface area contributed by atoms with Crippen LogP contribution < -0.4 is 0 Å². The molecule has 0 rings (SSSR count). The van der Waals surface area contributed by atoms with Gasteiger partial charge in [0.05, 0.1) is 0 Å². The largest absolute Gasteiger partial charge is 0.0998 e. The summed E-state index contributed by atoms with van der Waals surface area (Å²) in [6.45, 7) is 19.6. The van der Waals surface area contributed by atoms with Gasteiger partial charge in [0, 0.05) is 0 Å². The molecular formula is C15H28. The van der Waals surface area contributed by atoms with E-state index in [0.717, 1.165) is 12.3 Å². The fourth-order valence-corrected chi connectivity index (χ4v) is 1.92. The molecule has 0 heteroatoms. The van der Waals surface area contributed by atoms with Gasteiger partial charge >= 0.3 is 0 Å². The van der Waals surface area contributed by atoms with Crippen LogP contribution in [0.3, 0.4) is 0 Å². The summed E-state index contributed by atoms with van der Waals surface area (Å²) in [6.07, 6.45) is 3.55. The number of allylic oxidation sites excluding steroid dienone is 2. The molecule has 0 saturated carbocycles. The Morgan fingerprint density at radius 3 is 1.93 bits per heavy atom. The van der Waals surface area contributed by atoms with Crippen LogP contribution in [0.4, 0.5) is 0 Å². The second kappa shape index (κ2) is 6.87. The van der Waals surface area contributed by atoms with E-state index in [9.17, 15) is 0 Å². The second-order valence-electron chi connectivity index (χ2n) is 5.01. The maximum atomic E-state index is 4.22. The Bertz CT molecular complexity index is 212. The molecule has 3 unspecified atom stereocenters. The molecular weight excluding hydrogens is 180 g/mol. The highest BCUT2D eigenvalue weighted by molar-refractivity contribution is 5.08. The van der Waals surface area contributed by atoms with Gasteiger partial charge in [-0.15, -0.1) is 0 Å². The average molecular weight is 208 g/mol. The lowest BCUT2D eigenvalue weighted by atomic mass is 9.79. The van der Waals surface area contributed by atoms with Crippen LogP contribution in [0.2, 0.25) is 0 Å². The SMILES string of the molecule is C=C(CC(C(=C)C)C(C)CC)C(C)CC. The molecule has 0 aliphatic rings. The summed E-state index contributed by atoms with van der Waals surface area (Å²) in [5, 5.41) is 0. The minimum absolute atomic E-state index is 0.622. The summed E-state index contributed by atoms with van der Waals surface area (Å²) in [5.41, 5.74) is 2.71. The number of hydrogen-bond acceptors (Lipinski definition) is 0. The fraction of sp³-hybridized carbons (Fsp3) is 0.733. The highest BCUT2D eigenvalue weighted by Gasteiger charge is 2.19. The minimum Gasteiger partial charge on any atom is -0.0998 e. The summed E-state index contributed by atoms with van der Waals surface area (Å²) in [4.78, 5) is 0. The van der Waals surface area contributed by atoms with Crippen molar-refractivity contribution in [3.8, 4) is 0 Å². The zero-order valence-corrected chi connectivity index (χ0v) is 11.3. The minimum atomic E-state index is 0.622. The van der Waals surface area contributed by atoms with Crippen LogP contribution in [-0.2, 0) is 0 Å². The van der Waals surface area contributed by atoms with Crippen LogP contribution in [-0.4, -0.2) is 0 Å². The molecule has 0 aromatic carbocycles. The molecule has 0 amide bonds. The van der Waals surface area contributed by atoms with E-state index < -0.39 is 0 Å². The lowest BCUT2D eigenvalue weighted by Crippen LogP contribution is -2.14. The topological polar surface area (TPSA) is 0 Å². The summed E-state index contributed by atoms with van der Waals surface area (Å²) in [7, 11) is 0. The maximum Gasteiger partial charge on any atom is -0.0146 e. The molecule has 15 heavy (non-hydrogen) atoms. The molecule has 0 aliphatic heterocycles. The second-order valence-corrected chi connectivity index (χ2v) is 5.01. The average Bonchev–Trinajstić information content (AvgIpc) is 2.22. The first-order valence-electron chi connectivity index (χ1n) is 6.27. The van der Waals surface area contributed by atoms with E-state index in [2.05, 4.69) is 47.8 Å². The molecule has 3 atom stereocenters. The van der Waals surface area contributed by atoms with Gasteiger partial charge in [-0.2, -0.15) is 0 Å². The van der Waals surface area contributed by atoms with E-state index >= 15 is 0 Å². The van der Waals surface area contributed by atoms with Crippen molar-refractivity contribution in [2.75, 3.05) is 0 Å². The molecule has 0 aromatic rings. The molecule has 0 saturated heterocycles. The van der Waals surface area contributed by atoms with Crippen molar-refractivity contribution >= 4 is 0 Å². The maximum absolute atomic E-state index is 4.22. The molecule has 0 heterocycles. The van der Waals surface area contributed by atoms with Crippen LogP contribution in [0.5, 0.6) is 0 Å². The highest BCUT2D eigenvalue weighted by Crippen LogP contribution is 2.31. The predicted molar refractivity (Wildman–Crippen MR) is 71.0 cm³/mol. The molecule has 0 nitrogen and oxygen atoms in total. The van der Waals surface area contributed by atoms with Crippen LogP contribution in [0, 0.1) is 17.8 Å². The zero-order chi connectivity index (χ0) is 12.0. The van der Waals surface area contributed by atoms with Crippen LogP contribution in [0.1, 0.15) is 53.9 Å². The predicted octanol–water partition coefficient (Wildman–Crippen LogP) is 5.22. The molecule has 0 bridgehead atoms. The number of hydrogen-bond donors (Lipinski definition) is 0. The van der Waals surface area contributed by atoms with Crippen molar-refractivity contribution < 1.29 is 0 Å². The molecule has 0 radical (unpaired) electrons. The Morgan fingerprint density at radius 2 is 1.60 bits per heavy atom. The van der Waals surface area contributed by atoms with Gasteiger partial charge in [-0.3, -0.25) is 0 Å². The van der Waals surface area contributed by atoms with Crippen molar-refractivity contribution in [3.63, 3.8) is 0 Å². The van der Waals surface area contributed by atoms with E-state index in [1.54, 1.807) is 0 Å². The summed E-state index contributed by atoms with van der Waals surface area (Å²) in [5.74, 6) is 2.00. The monoisotopic (exact) mass is 208 g/mol. The van der Waals surface area contributed by atoms with Gasteiger partial charge < -0.3 is 0 Å². The van der Waals surface area contributed by atoms with E-state index in [4.69, 9.17) is 0 Å². The fourth-order valence-electron chi connectivity index (χ4n) is 1.92. The van der Waals surface area contributed by atoms with Crippen LogP contribution in [0.25, 0.3) is 0 Å². The molecule has 0 N–H and O–H groups in total. The summed E-state index contributed by atoms with van der Waals surface area (Å²) in [6, 6.07) is 0. The Balaban J connectivity index is 4.42. The van der Waals surface area contributed by atoms with Crippen molar-refractivity contribution in [3.05, 3.63) is 24.3 Å². The first-order valence-corrected chi connectivity index (χ1v) is 6.27. The van der Waals surface area contributed by atoms with Gasteiger partial charge in [-0.1, -0.05) is 58.4 Å². The summed E-state index contributed by atoms with van der Waals surface area (Å²) >= 11 is 0. The van der Waals surface area contributed by atoms with Crippen molar-refractivity contribution in [2.45, 2.75) is 53.9 Å². The van der Waals surface area contributed by atoms with Gasteiger partial charge in [0.2, 0.25) is 0 Å². The Labute approximate surface area is 96.5 Å².